The zero-order chi connectivity index (χ0) is 11.6. The van der Waals surface area contributed by atoms with E-state index >= 15 is 0 Å². The van der Waals surface area contributed by atoms with E-state index in [-0.39, 0.29) is 11.4 Å². The quantitative estimate of drug-likeness (QED) is 0.674. The number of primary sulfonamides is 1. The Morgan fingerprint density at radius 2 is 2.27 bits per heavy atom. The summed E-state index contributed by atoms with van der Waals surface area (Å²) >= 11 is 0. The monoisotopic (exact) mass is 233 g/mol. The van der Waals surface area contributed by atoms with Crippen molar-refractivity contribution in [2.24, 2.45) is 12.2 Å². The maximum absolute atomic E-state index is 11.1. The molecule has 0 aliphatic heterocycles. The molecule has 1 aromatic heterocycles. The number of ether oxygens (including phenoxy) is 1. The third-order valence-corrected chi connectivity index (χ3v) is 2.42. The first-order valence-electron chi connectivity index (χ1n) is 3.95. The van der Waals surface area contributed by atoms with Crippen LogP contribution in [0.4, 0.5) is 0 Å². The number of nitrogens with zero attached hydrogens (tertiary/aromatic N) is 2. The second-order valence-electron chi connectivity index (χ2n) is 2.94. The van der Waals surface area contributed by atoms with Crippen molar-refractivity contribution in [1.82, 2.24) is 9.78 Å². The molecule has 0 saturated heterocycles. The van der Waals surface area contributed by atoms with E-state index in [0.717, 1.165) is 0 Å². The number of hydrogen-bond donors (Lipinski definition) is 1. The molecule has 0 unspecified atom stereocenters. The summed E-state index contributed by atoms with van der Waals surface area (Å²) in [6.45, 7) is 0. The van der Waals surface area contributed by atoms with Gasteiger partial charge >= 0.3 is 5.97 Å². The lowest BCUT2D eigenvalue weighted by atomic mass is 10.4. The van der Waals surface area contributed by atoms with E-state index in [9.17, 15) is 13.2 Å². The number of aryl methyl sites for hydroxylation is 1. The van der Waals surface area contributed by atoms with Crippen LogP contribution in [0, 0.1) is 0 Å². The number of nitrogens with two attached hydrogens (primary N) is 1. The molecule has 0 atom stereocenters. The SMILES string of the molecule is COC(=O)c1cc(CS(N)(=O)=O)n(C)n1. The summed E-state index contributed by atoms with van der Waals surface area (Å²) in [6.07, 6.45) is 0. The van der Waals surface area contributed by atoms with Crippen molar-refractivity contribution >= 4 is 16.0 Å². The molecule has 0 aromatic carbocycles. The predicted molar refractivity (Wildman–Crippen MR) is 51.4 cm³/mol. The van der Waals surface area contributed by atoms with Crippen molar-refractivity contribution < 1.29 is 17.9 Å². The second-order valence-corrected chi connectivity index (χ2v) is 4.56. The number of rotatable bonds is 3. The lowest BCUT2D eigenvalue weighted by molar-refractivity contribution is 0.0593. The molecule has 1 aromatic rings. The molecule has 0 radical (unpaired) electrons. The van der Waals surface area contributed by atoms with Gasteiger partial charge in [0.05, 0.1) is 12.8 Å². The molecule has 0 amide bonds. The van der Waals surface area contributed by atoms with Gasteiger partial charge < -0.3 is 4.74 Å². The topological polar surface area (TPSA) is 104 Å². The minimum atomic E-state index is -3.63. The van der Waals surface area contributed by atoms with Crippen LogP contribution in [0.5, 0.6) is 0 Å². The normalized spacial score (nSPS) is 11.4. The standard InChI is InChI=1S/C7H11N3O4S/c1-10-5(4-15(8,12)13)3-6(9-10)7(11)14-2/h3H,4H2,1-2H3,(H2,8,12,13). The van der Waals surface area contributed by atoms with E-state index in [4.69, 9.17) is 5.14 Å². The molecule has 1 rings (SSSR count). The number of hydrogen-bond acceptors (Lipinski definition) is 5. The Bertz CT molecular complexity index is 476. The third-order valence-electron chi connectivity index (χ3n) is 1.72. The van der Waals surface area contributed by atoms with E-state index in [2.05, 4.69) is 9.84 Å². The molecule has 0 bridgehead atoms. The van der Waals surface area contributed by atoms with Gasteiger partial charge in [-0.25, -0.2) is 18.4 Å². The minimum Gasteiger partial charge on any atom is -0.464 e. The highest BCUT2D eigenvalue weighted by Gasteiger charge is 2.15. The summed E-state index contributed by atoms with van der Waals surface area (Å²) in [4.78, 5) is 11.1. The lowest BCUT2D eigenvalue weighted by Crippen LogP contribution is -2.16. The first-order chi connectivity index (χ1) is 6.83. The molecular weight excluding hydrogens is 222 g/mol. The number of aromatic nitrogens is 2. The summed E-state index contributed by atoms with van der Waals surface area (Å²) in [5.74, 6) is -0.987. The first-order valence-corrected chi connectivity index (χ1v) is 5.66. The summed E-state index contributed by atoms with van der Waals surface area (Å²) in [7, 11) is -0.892. The number of methoxy groups -OCH3 is 1. The number of carbonyl (C=O) groups is 1. The first kappa shape index (κ1) is 11.7. The van der Waals surface area contributed by atoms with Gasteiger partial charge in [-0.15, -0.1) is 0 Å². The van der Waals surface area contributed by atoms with Crippen LogP contribution in [0.1, 0.15) is 16.2 Å². The largest absolute Gasteiger partial charge is 0.464 e. The van der Waals surface area contributed by atoms with Crippen LogP contribution in [0.15, 0.2) is 6.07 Å². The Hall–Kier alpha value is -1.41. The van der Waals surface area contributed by atoms with Gasteiger partial charge in [0, 0.05) is 7.05 Å². The highest BCUT2D eigenvalue weighted by atomic mass is 32.2. The van der Waals surface area contributed by atoms with Crippen LogP contribution < -0.4 is 5.14 Å². The molecule has 15 heavy (non-hydrogen) atoms. The highest BCUT2D eigenvalue weighted by molar-refractivity contribution is 7.88. The maximum Gasteiger partial charge on any atom is 0.358 e. The molecule has 0 saturated carbocycles. The molecule has 0 spiro atoms. The molecule has 0 aliphatic carbocycles. The summed E-state index contributed by atoms with van der Waals surface area (Å²) in [6, 6.07) is 1.33. The number of esters is 1. The summed E-state index contributed by atoms with van der Waals surface area (Å²) < 4.78 is 27.4. The average Bonchev–Trinajstić information content (AvgIpc) is 2.44. The molecule has 0 fully saturated rings. The van der Waals surface area contributed by atoms with Crippen molar-refractivity contribution in [2.45, 2.75) is 5.75 Å². The third kappa shape index (κ3) is 3.03. The van der Waals surface area contributed by atoms with Crippen molar-refractivity contribution in [3.05, 3.63) is 17.5 Å². The predicted octanol–water partition coefficient (Wildman–Crippen LogP) is -1.00. The molecular formula is C7H11N3O4S. The van der Waals surface area contributed by atoms with Gasteiger partial charge in [-0.1, -0.05) is 0 Å². The smallest absolute Gasteiger partial charge is 0.358 e. The van der Waals surface area contributed by atoms with Crippen LogP contribution in [0.2, 0.25) is 0 Å². The van der Waals surface area contributed by atoms with E-state index < -0.39 is 16.0 Å². The average molecular weight is 233 g/mol. The van der Waals surface area contributed by atoms with Gasteiger partial charge in [-0.05, 0) is 6.07 Å². The summed E-state index contributed by atoms with van der Waals surface area (Å²) in [5.41, 5.74) is 0.386. The molecule has 0 aliphatic rings. The Morgan fingerprint density at radius 3 is 2.73 bits per heavy atom. The Morgan fingerprint density at radius 1 is 1.67 bits per heavy atom. The lowest BCUT2D eigenvalue weighted by Gasteiger charge is -1.97. The van der Waals surface area contributed by atoms with Crippen molar-refractivity contribution in [1.29, 1.82) is 0 Å². The van der Waals surface area contributed by atoms with Crippen molar-refractivity contribution in [3.63, 3.8) is 0 Å². The molecule has 8 heteroatoms. The molecule has 84 valence electrons. The van der Waals surface area contributed by atoms with Crippen LogP contribution in [-0.2, 0) is 27.6 Å². The van der Waals surface area contributed by atoms with Gasteiger partial charge in [0.25, 0.3) is 0 Å². The Balaban J connectivity index is 3.02. The van der Waals surface area contributed by atoms with Crippen molar-refractivity contribution in [3.8, 4) is 0 Å². The van der Waals surface area contributed by atoms with Crippen LogP contribution in [-0.4, -0.2) is 31.3 Å². The van der Waals surface area contributed by atoms with Crippen LogP contribution >= 0.6 is 0 Å². The van der Waals surface area contributed by atoms with E-state index in [1.165, 1.54) is 24.9 Å². The highest BCUT2D eigenvalue weighted by Crippen LogP contribution is 2.06. The van der Waals surface area contributed by atoms with Gasteiger partial charge in [-0.3, -0.25) is 4.68 Å². The number of carbonyl (C=O) groups excluding carboxylic acids is 1. The van der Waals surface area contributed by atoms with Crippen molar-refractivity contribution in [2.75, 3.05) is 7.11 Å². The van der Waals surface area contributed by atoms with E-state index in [1.54, 1.807) is 0 Å². The zero-order valence-corrected chi connectivity index (χ0v) is 9.11. The van der Waals surface area contributed by atoms with E-state index in [1.807, 2.05) is 0 Å². The maximum atomic E-state index is 11.1. The van der Waals surface area contributed by atoms with Gasteiger partial charge in [0.15, 0.2) is 5.69 Å². The van der Waals surface area contributed by atoms with Gasteiger partial charge in [0.1, 0.15) is 5.75 Å². The Kier molecular flexibility index (Phi) is 3.10. The molecule has 7 nitrogen and oxygen atoms in total. The second kappa shape index (κ2) is 3.99. The Labute approximate surface area is 86.9 Å². The number of sulfonamides is 1. The fourth-order valence-electron chi connectivity index (χ4n) is 1.05. The zero-order valence-electron chi connectivity index (χ0n) is 8.30. The molecule has 2 N–H and O–H groups in total. The van der Waals surface area contributed by atoms with Gasteiger partial charge in [-0.2, -0.15) is 5.10 Å². The van der Waals surface area contributed by atoms with Gasteiger partial charge in [0.2, 0.25) is 10.0 Å². The fourth-order valence-corrected chi connectivity index (χ4v) is 1.73. The summed E-state index contributed by atoms with van der Waals surface area (Å²) in [5, 5.41) is 8.66. The molecule has 1 heterocycles. The van der Waals surface area contributed by atoms with Crippen LogP contribution in [0.3, 0.4) is 0 Å². The van der Waals surface area contributed by atoms with Crippen LogP contribution in [0.25, 0.3) is 0 Å². The minimum absolute atomic E-state index is 0.0543. The van der Waals surface area contributed by atoms with E-state index in [0.29, 0.717) is 5.69 Å². The fraction of sp³-hybridized carbons (Fsp3) is 0.429.